The molecule has 2 aliphatic carbocycles. The Morgan fingerprint density at radius 2 is 2.00 bits per heavy atom. The number of allylic oxidation sites excluding steroid dienone is 4. The normalized spacial score (nSPS) is 20.5. The molecular weight excluding hydrogens is 272 g/mol. The third-order valence-corrected chi connectivity index (χ3v) is 6.64. The fraction of sp³-hybridized carbons (Fsp3) is 0.500. The second-order valence-electron chi connectivity index (χ2n) is 7.34. The maximum atomic E-state index is 4.45. The summed E-state index contributed by atoms with van der Waals surface area (Å²) in [7, 11) is 0. The van der Waals surface area contributed by atoms with Crippen molar-refractivity contribution in [3.63, 3.8) is 0 Å². The molecule has 0 aliphatic heterocycles. The van der Waals surface area contributed by atoms with Gasteiger partial charge < -0.3 is 0 Å². The summed E-state index contributed by atoms with van der Waals surface area (Å²) >= 11 is 2.00. The Balaban J connectivity index is 2.00. The summed E-state index contributed by atoms with van der Waals surface area (Å²) in [5.41, 5.74) is 7.73. The first-order chi connectivity index (χ1) is 9.93. The van der Waals surface area contributed by atoms with Gasteiger partial charge in [-0.2, -0.15) is 0 Å². The topological polar surface area (TPSA) is 0 Å². The molecule has 0 nitrogen and oxygen atoms in total. The molecule has 0 N–H and O–H groups in total. The molecular formula is C20H26S. The van der Waals surface area contributed by atoms with Crippen LogP contribution < -0.4 is 0 Å². The second kappa shape index (κ2) is 5.28. The summed E-state index contributed by atoms with van der Waals surface area (Å²) in [6.45, 7) is 15.5. The minimum absolute atomic E-state index is 0.455. The highest BCUT2D eigenvalue weighted by atomic mass is 32.1. The number of aryl methyl sites for hydroxylation is 1. The van der Waals surface area contributed by atoms with Gasteiger partial charge in [-0.05, 0) is 78.7 Å². The predicted molar refractivity (Wildman–Crippen MR) is 95.0 cm³/mol. The molecule has 0 amide bonds. The third-order valence-electron chi connectivity index (χ3n) is 5.18. The van der Waals surface area contributed by atoms with Gasteiger partial charge in [0, 0.05) is 9.75 Å². The molecule has 1 heterocycles. The van der Waals surface area contributed by atoms with Gasteiger partial charge >= 0.3 is 0 Å². The molecule has 112 valence electrons. The standard InChI is InChI=1S/C20H26S/c1-6-15-8-7-9-16(15)13(2)19-14(3)17-12-20(4,5)11-10-18(17)21-19/h6H,1-2,7-12H2,3-5H3. The second-order valence-corrected chi connectivity index (χ2v) is 8.44. The molecule has 21 heavy (non-hydrogen) atoms. The van der Waals surface area contributed by atoms with E-state index in [1.54, 1.807) is 10.4 Å². The van der Waals surface area contributed by atoms with Gasteiger partial charge in [0.05, 0.1) is 0 Å². The zero-order chi connectivity index (χ0) is 15.2. The molecule has 0 spiro atoms. The number of thiophene rings is 1. The summed E-state index contributed by atoms with van der Waals surface area (Å²) in [4.78, 5) is 3.05. The summed E-state index contributed by atoms with van der Waals surface area (Å²) in [5.74, 6) is 0. The van der Waals surface area contributed by atoms with Crippen molar-refractivity contribution in [1.82, 2.24) is 0 Å². The molecule has 1 aromatic heterocycles. The van der Waals surface area contributed by atoms with Gasteiger partial charge in [0.25, 0.3) is 0 Å². The van der Waals surface area contributed by atoms with Crippen molar-refractivity contribution in [1.29, 1.82) is 0 Å². The molecule has 0 aromatic carbocycles. The van der Waals surface area contributed by atoms with Crippen LogP contribution in [0.25, 0.3) is 5.57 Å². The van der Waals surface area contributed by atoms with E-state index >= 15 is 0 Å². The lowest BCUT2D eigenvalue weighted by atomic mass is 9.76. The summed E-state index contributed by atoms with van der Waals surface area (Å²) < 4.78 is 0. The van der Waals surface area contributed by atoms with Crippen LogP contribution in [0, 0.1) is 12.3 Å². The van der Waals surface area contributed by atoms with E-state index in [9.17, 15) is 0 Å². The van der Waals surface area contributed by atoms with E-state index in [0.717, 1.165) is 0 Å². The van der Waals surface area contributed by atoms with E-state index in [0.29, 0.717) is 5.41 Å². The van der Waals surface area contributed by atoms with E-state index in [1.807, 2.05) is 17.4 Å². The average Bonchev–Trinajstić information content (AvgIpc) is 3.03. The average molecular weight is 298 g/mol. The fourth-order valence-electron chi connectivity index (χ4n) is 3.82. The SMILES string of the molecule is C=CC1=C(C(=C)c2sc3c(c2C)CC(C)(C)CC3)CCC1. The summed E-state index contributed by atoms with van der Waals surface area (Å²) in [6, 6.07) is 0. The molecule has 1 aromatic rings. The van der Waals surface area contributed by atoms with Crippen molar-refractivity contribution in [3.8, 4) is 0 Å². The third kappa shape index (κ3) is 2.57. The lowest BCUT2D eigenvalue weighted by molar-refractivity contribution is 0.317. The van der Waals surface area contributed by atoms with Gasteiger partial charge in [-0.1, -0.05) is 33.1 Å². The Morgan fingerprint density at radius 1 is 1.24 bits per heavy atom. The van der Waals surface area contributed by atoms with E-state index < -0.39 is 0 Å². The summed E-state index contributed by atoms with van der Waals surface area (Å²) in [5, 5.41) is 0. The number of rotatable bonds is 3. The van der Waals surface area contributed by atoms with Crippen molar-refractivity contribution >= 4 is 16.9 Å². The van der Waals surface area contributed by atoms with Crippen LogP contribution >= 0.6 is 11.3 Å². The molecule has 0 saturated heterocycles. The minimum atomic E-state index is 0.455. The van der Waals surface area contributed by atoms with Gasteiger partial charge in [0.15, 0.2) is 0 Å². The molecule has 3 rings (SSSR count). The van der Waals surface area contributed by atoms with Crippen LogP contribution in [0.1, 0.15) is 60.4 Å². The zero-order valence-corrected chi connectivity index (χ0v) is 14.5. The first kappa shape index (κ1) is 14.8. The quantitative estimate of drug-likeness (QED) is 0.618. The van der Waals surface area contributed by atoms with Gasteiger partial charge in [0.2, 0.25) is 0 Å². The van der Waals surface area contributed by atoms with Crippen LogP contribution in [0.2, 0.25) is 0 Å². The monoisotopic (exact) mass is 298 g/mol. The Bertz CT molecular complexity index is 637. The van der Waals surface area contributed by atoms with Crippen LogP contribution in [0.3, 0.4) is 0 Å². The molecule has 0 radical (unpaired) electrons. The lowest BCUT2D eigenvalue weighted by Gasteiger charge is -2.29. The smallest absolute Gasteiger partial charge is 0.0374 e. The minimum Gasteiger partial charge on any atom is -0.140 e. The lowest BCUT2D eigenvalue weighted by Crippen LogP contribution is -2.21. The largest absolute Gasteiger partial charge is 0.140 e. The van der Waals surface area contributed by atoms with Gasteiger partial charge in [-0.25, -0.2) is 0 Å². The molecule has 1 heteroatoms. The number of fused-ring (bicyclic) bond motifs is 1. The van der Waals surface area contributed by atoms with Crippen LogP contribution in [0.4, 0.5) is 0 Å². The fourth-order valence-corrected chi connectivity index (χ4v) is 5.14. The Kier molecular flexibility index (Phi) is 3.73. The summed E-state index contributed by atoms with van der Waals surface area (Å²) in [6.07, 6.45) is 9.43. The first-order valence-electron chi connectivity index (χ1n) is 8.08. The highest BCUT2D eigenvalue weighted by Gasteiger charge is 2.30. The van der Waals surface area contributed by atoms with Crippen LogP contribution in [0.5, 0.6) is 0 Å². The molecule has 2 aliphatic rings. The number of hydrogen-bond acceptors (Lipinski definition) is 1. The van der Waals surface area contributed by atoms with Crippen molar-refractivity contribution < 1.29 is 0 Å². The van der Waals surface area contributed by atoms with Crippen LogP contribution in [0.15, 0.2) is 30.4 Å². The zero-order valence-electron chi connectivity index (χ0n) is 13.6. The number of hydrogen-bond donors (Lipinski definition) is 0. The van der Waals surface area contributed by atoms with Gasteiger partial charge in [0.1, 0.15) is 0 Å². The highest BCUT2D eigenvalue weighted by Crippen LogP contribution is 2.46. The molecule has 0 saturated carbocycles. The van der Waals surface area contributed by atoms with E-state index in [1.165, 1.54) is 65.7 Å². The first-order valence-corrected chi connectivity index (χ1v) is 8.90. The predicted octanol–water partition coefficient (Wildman–Crippen LogP) is 6.25. The van der Waals surface area contributed by atoms with Gasteiger partial charge in [-0.15, -0.1) is 11.3 Å². The van der Waals surface area contributed by atoms with Gasteiger partial charge in [-0.3, -0.25) is 0 Å². The Hall–Kier alpha value is -1.08. The highest BCUT2D eigenvalue weighted by molar-refractivity contribution is 7.13. The maximum absolute atomic E-state index is 4.45. The van der Waals surface area contributed by atoms with Crippen LogP contribution in [-0.2, 0) is 12.8 Å². The molecule has 0 fully saturated rings. The van der Waals surface area contributed by atoms with Crippen LogP contribution in [-0.4, -0.2) is 0 Å². The van der Waals surface area contributed by atoms with Crippen molar-refractivity contribution in [2.75, 3.05) is 0 Å². The van der Waals surface area contributed by atoms with Crippen molar-refractivity contribution in [2.24, 2.45) is 5.41 Å². The Labute approximate surface area is 133 Å². The molecule has 0 atom stereocenters. The molecule has 0 bridgehead atoms. The molecule has 0 unspecified atom stereocenters. The van der Waals surface area contributed by atoms with E-state index in [-0.39, 0.29) is 0 Å². The maximum Gasteiger partial charge on any atom is 0.0374 e. The van der Waals surface area contributed by atoms with Crippen molar-refractivity contribution in [2.45, 2.75) is 59.3 Å². The Morgan fingerprint density at radius 3 is 2.71 bits per heavy atom. The van der Waals surface area contributed by atoms with E-state index in [4.69, 9.17) is 0 Å². The van der Waals surface area contributed by atoms with E-state index in [2.05, 4.69) is 33.9 Å². The van der Waals surface area contributed by atoms with Crippen molar-refractivity contribution in [3.05, 3.63) is 51.3 Å².